The van der Waals surface area contributed by atoms with Gasteiger partial charge in [-0.25, -0.2) is 9.97 Å². The van der Waals surface area contributed by atoms with Crippen LogP contribution in [0.3, 0.4) is 0 Å². The molecule has 0 aliphatic carbocycles. The van der Waals surface area contributed by atoms with E-state index in [1.165, 1.54) is 12.8 Å². The summed E-state index contributed by atoms with van der Waals surface area (Å²) in [5.74, 6) is 2.47. The number of rotatable bonds is 1. The molecule has 1 aromatic carbocycles. The van der Waals surface area contributed by atoms with E-state index in [1.54, 1.807) is 0 Å². The molecule has 0 amide bonds. The number of hydrogen-bond acceptors (Lipinski definition) is 4. The van der Waals surface area contributed by atoms with E-state index in [0.29, 0.717) is 5.92 Å². The zero-order chi connectivity index (χ0) is 14.4. The van der Waals surface area contributed by atoms with Crippen LogP contribution in [-0.2, 0) is 0 Å². The molecule has 1 aliphatic heterocycles. The first-order chi connectivity index (χ1) is 10.2. The normalized spacial score (nSPS) is 19.5. The van der Waals surface area contributed by atoms with Crippen LogP contribution in [0.1, 0.15) is 25.6 Å². The van der Waals surface area contributed by atoms with Crippen LogP contribution in [0.5, 0.6) is 0 Å². The first kappa shape index (κ1) is 12.6. The van der Waals surface area contributed by atoms with Gasteiger partial charge >= 0.3 is 0 Å². The Morgan fingerprint density at radius 1 is 1.24 bits per heavy atom. The van der Waals surface area contributed by atoms with Gasteiger partial charge in [0.2, 0.25) is 0 Å². The fraction of sp³-hybridized carbons (Fsp3) is 0.412. The lowest BCUT2D eigenvalue weighted by Gasteiger charge is -2.31. The molecule has 21 heavy (non-hydrogen) atoms. The second kappa shape index (κ2) is 4.72. The molecule has 0 N–H and O–H groups in total. The Morgan fingerprint density at radius 3 is 2.95 bits per heavy atom. The van der Waals surface area contributed by atoms with Crippen LogP contribution in [-0.4, -0.2) is 23.1 Å². The number of nitrogens with zero attached hydrogens (tertiary/aromatic N) is 3. The molecule has 4 nitrogen and oxygen atoms in total. The topological polar surface area (TPSA) is 42.2 Å². The van der Waals surface area contributed by atoms with Gasteiger partial charge in [0, 0.05) is 18.5 Å². The van der Waals surface area contributed by atoms with Crippen molar-refractivity contribution in [2.45, 2.75) is 26.7 Å². The fourth-order valence-electron chi connectivity index (χ4n) is 3.28. The van der Waals surface area contributed by atoms with Crippen molar-refractivity contribution < 1.29 is 4.42 Å². The molecule has 0 bridgehead atoms. The highest BCUT2D eigenvalue weighted by Crippen LogP contribution is 2.34. The van der Waals surface area contributed by atoms with Gasteiger partial charge in [0.15, 0.2) is 11.4 Å². The first-order valence-electron chi connectivity index (χ1n) is 7.63. The molecule has 4 rings (SSSR count). The zero-order valence-corrected chi connectivity index (χ0v) is 12.5. The molecule has 1 saturated heterocycles. The summed E-state index contributed by atoms with van der Waals surface area (Å²) in [4.78, 5) is 11.6. The minimum Gasteiger partial charge on any atom is -0.450 e. The lowest BCUT2D eigenvalue weighted by Crippen LogP contribution is -2.35. The van der Waals surface area contributed by atoms with Crippen molar-refractivity contribution in [3.8, 4) is 0 Å². The zero-order valence-electron chi connectivity index (χ0n) is 12.5. The molecule has 1 fully saturated rings. The largest absolute Gasteiger partial charge is 0.450 e. The number of furan rings is 1. The summed E-state index contributed by atoms with van der Waals surface area (Å²) in [5.41, 5.74) is 2.65. The van der Waals surface area contributed by atoms with Crippen LogP contribution in [0, 0.1) is 12.8 Å². The van der Waals surface area contributed by atoms with E-state index in [9.17, 15) is 0 Å². The van der Waals surface area contributed by atoms with Gasteiger partial charge < -0.3 is 9.32 Å². The van der Waals surface area contributed by atoms with Crippen LogP contribution in [0.25, 0.3) is 22.1 Å². The monoisotopic (exact) mass is 281 g/mol. The van der Waals surface area contributed by atoms with Crippen molar-refractivity contribution in [2.24, 2.45) is 5.92 Å². The maximum atomic E-state index is 6.06. The summed E-state index contributed by atoms with van der Waals surface area (Å²) in [6.45, 7) is 6.35. The van der Waals surface area contributed by atoms with Crippen LogP contribution in [0.15, 0.2) is 28.7 Å². The number of benzene rings is 1. The van der Waals surface area contributed by atoms with Gasteiger partial charge in [0.25, 0.3) is 0 Å². The highest BCUT2D eigenvalue weighted by molar-refractivity contribution is 6.05. The smallest absolute Gasteiger partial charge is 0.196 e. The molecular weight excluding hydrogens is 262 g/mol. The quantitative estimate of drug-likeness (QED) is 0.678. The number of piperidine rings is 1. The van der Waals surface area contributed by atoms with Gasteiger partial charge in [0.1, 0.15) is 16.9 Å². The van der Waals surface area contributed by atoms with E-state index in [2.05, 4.69) is 27.9 Å². The third-order valence-electron chi connectivity index (χ3n) is 4.27. The minimum absolute atomic E-state index is 0.702. The molecule has 3 heterocycles. The van der Waals surface area contributed by atoms with E-state index in [1.807, 2.05) is 25.1 Å². The lowest BCUT2D eigenvalue weighted by molar-refractivity contribution is 0.443. The molecule has 2 aromatic heterocycles. The molecular formula is C17H19N3O. The average Bonchev–Trinajstić information content (AvgIpc) is 2.85. The van der Waals surface area contributed by atoms with Crippen molar-refractivity contribution in [1.82, 2.24) is 9.97 Å². The van der Waals surface area contributed by atoms with Crippen molar-refractivity contribution in [1.29, 1.82) is 0 Å². The summed E-state index contributed by atoms with van der Waals surface area (Å²) in [5, 5.41) is 1.07. The van der Waals surface area contributed by atoms with Crippen LogP contribution in [0.2, 0.25) is 0 Å². The number of para-hydroxylation sites is 1. The van der Waals surface area contributed by atoms with Crippen molar-refractivity contribution >= 4 is 27.9 Å². The number of aromatic nitrogens is 2. The Labute approximate surface area is 123 Å². The molecule has 4 heteroatoms. The Morgan fingerprint density at radius 2 is 2.10 bits per heavy atom. The lowest BCUT2D eigenvalue weighted by atomic mass is 10.0. The number of hydrogen-bond donors (Lipinski definition) is 0. The summed E-state index contributed by atoms with van der Waals surface area (Å²) in [7, 11) is 0. The second-order valence-corrected chi connectivity index (χ2v) is 6.06. The third kappa shape index (κ3) is 2.06. The summed E-state index contributed by atoms with van der Waals surface area (Å²) < 4.78 is 6.06. The van der Waals surface area contributed by atoms with Gasteiger partial charge in [-0.3, -0.25) is 0 Å². The summed E-state index contributed by atoms with van der Waals surface area (Å²) in [6, 6.07) is 8.08. The van der Waals surface area contributed by atoms with Crippen LogP contribution >= 0.6 is 0 Å². The van der Waals surface area contributed by atoms with Gasteiger partial charge in [-0.15, -0.1) is 0 Å². The van der Waals surface area contributed by atoms with Gasteiger partial charge in [-0.05, 0) is 37.8 Å². The van der Waals surface area contributed by atoms with Crippen LogP contribution < -0.4 is 4.90 Å². The van der Waals surface area contributed by atoms with E-state index in [-0.39, 0.29) is 0 Å². The number of aryl methyl sites for hydroxylation is 1. The number of fused-ring (bicyclic) bond motifs is 3. The predicted molar refractivity (Wildman–Crippen MR) is 84.7 cm³/mol. The highest BCUT2D eigenvalue weighted by atomic mass is 16.3. The SMILES string of the molecule is Cc1nc(N2CCCC(C)C2)c2oc3ccccc3c2n1. The maximum absolute atomic E-state index is 6.06. The Bertz CT molecular complexity index is 808. The third-order valence-corrected chi connectivity index (χ3v) is 4.27. The standard InChI is InChI=1S/C17H19N3O/c1-11-6-5-9-20(10-11)17-16-15(18-12(2)19-17)13-7-3-4-8-14(13)21-16/h3-4,7-8,11H,5-6,9-10H2,1-2H3. The Balaban J connectivity index is 1.95. The van der Waals surface area contributed by atoms with Crippen molar-refractivity contribution in [3.05, 3.63) is 30.1 Å². The van der Waals surface area contributed by atoms with Gasteiger partial charge in [-0.1, -0.05) is 19.1 Å². The second-order valence-electron chi connectivity index (χ2n) is 6.06. The summed E-state index contributed by atoms with van der Waals surface area (Å²) >= 11 is 0. The average molecular weight is 281 g/mol. The van der Waals surface area contributed by atoms with Gasteiger partial charge in [0.05, 0.1) is 0 Å². The molecule has 0 radical (unpaired) electrons. The van der Waals surface area contributed by atoms with Crippen molar-refractivity contribution in [3.63, 3.8) is 0 Å². The van der Waals surface area contributed by atoms with Crippen LogP contribution in [0.4, 0.5) is 5.82 Å². The van der Waals surface area contributed by atoms with E-state index in [4.69, 9.17) is 4.42 Å². The fourth-order valence-corrected chi connectivity index (χ4v) is 3.28. The van der Waals surface area contributed by atoms with E-state index >= 15 is 0 Å². The van der Waals surface area contributed by atoms with Gasteiger partial charge in [-0.2, -0.15) is 0 Å². The number of anilines is 1. The Kier molecular flexibility index (Phi) is 2.84. The van der Waals surface area contributed by atoms with E-state index < -0.39 is 0 Å². The molecule has 3 aromatic rings. The molecule has 0 spiro atoms. The first-order valence-corrected chi connectivity index (χ1v) is 7.63. The summed E-state index contributed by atoms with van der Waals surface area (Å²) in [6.07, 6.45) is 2.51. The maximum Gasteiger partial charge on any atom is 0.196 e. The molecule has 1 unspecified atom stereocenters. The highest BCUT2D eigenvalue weighted by Gasteiger charge is 2.23. The molecule has 1 aliphatic rings. The molecule has 1 atom stereocenters. The molecule has 0 saturated carbocycles. The van der Waals surface area contributed by atoms with E-state index in [0.717, 1.165) is 46.8 Å². The minimum atomic E-state index is 0.702. The molecule has 108 valence electrons. The van der Waals surface area contributed by atoms with Crippen molar-refractivity contribution in [2.75, 3.05) is 18.0 Å². The Hall–Kier alpha value is -2.10. The predicted octanol–water partition coefficient (Wildman–Crippen LogP) is 3.92.